The largest absolute Gasteiger partial charge is 0.497 e. The van der Waals surface area contributed by atoms with Crippen LogP contribution in [-0.2, 0) is 0 Å². The first kappa shape index (κ1) is 24.5. The van der Waals surface area contributed by atoms with Crippen LogP contribution in [0.5, 0.6) is 17.2 Å². The zero-order chi connectivity index (χ0) is 25.9. The minimum absolute atomic E-state index is 0.0253. The summed E-state index contributed by atoms with van der Waals surface area (Å²) < 4.78 is 13.8. The van der Waals surface area contributed by atoms with Crippen LogP contribution in [0.25, 0.3) is 0 Å². The van der Waals surface area contributed by atoms with Crippen molar-refractivity contribution < 1.29 is 9.47 Å². The third kappa shape index (κ3) is 4.86. The van der Waals surface area contributed by atoms with Gasteiger partial charge in [-0.1, -0.05) is 25.3 Å². The van der Waals surface area contributed by atoms with E-state index in [0.717, 1.165) is 28.6 Å². The molecule has 1 saturated carbocycles. The molecule has 6 rings (SSSR count). The van der Waals surface area contributed by atoms with Crippen molar-refractivity contribution in [3.8, 4) is 17.2 Å². The number of rotatable bonds is 7. The van der Waals surface area contributed by atoms with Gasteiger partial charge in [0, 0.05) is 29.8 Å². The normalized spacial score (nSPS) is 19.8. The van der Waals surface area contributed by atoms with Gasteiger partial charge in [0.05, 0.1) is 18.8 Å². The number of methoxy groups -OCH3 is 1. The van der Waals surface area contributed by atoms with Crippen molar-refractivity contribution >= 4 is 23.0 Å². The molecule has 194 valence electrons. The molecule has 38 heavy (non-hydrogen) atoms. The summed E-state index contributed by atoms with van der Waals surface area (Å²) in [4.78, 5) is 6.95. The van der Waals surface area contributed by atoms with Crippen molar-refractivity contribution in [2.45, 2.75) is 50.2 Å². The highest BCUT2D eigenvalue weighted by atomic mass is 32.1. The number of ether oxygens (including phenoxy) is 2. The second kappa shape index (κ2) is 10.9. The van der Waals surface area contributed by atoms with Gasteiger partial charge in [-0.3, -0.25) is 4.98 Å². The zero-order valence-corrected chi connectivity index (χ0v) is 22.3. The first-order valence-corrected chi connectivity index (χ1v) is 13.7. The van der Waals surface area contributed by atoms with Crippen molar-refractivity contribution in [1.82, 2.24) is 14.9 Å². The van der Waals surface area contributed by atoms with Crippen LogP contribution in [0.15, 0.2) is 91.3 Å². The first-order valence-electron chi connectivity index (χ1n) is 13.3. The maximum atomic E-state index is 6.07. The first-order chi connectivity index (χ1) is 18.7. The Balaban J connectivity index is 1.33. The summed E-state index contributed by atoms with van der Waals surface area (Å²) in [5, 5.41) is 4.29. The maximum absolute atomic E-state index is 6.07. The molecule has 0 amide bonds. The molecule has 2 atom stereocenters. The molecule has 0 bridgehead atoms. The molecular formula is C31H32N4O2S. The quantitative estimate of drug-likeness (QED) is 0.255. The van der Waals surface area contributed by atoms with Crippen LogP contribution in [0, 0.1) is 0 Å². The highest BCUT2D eigenvalue weighted by Gasteiger charge is 2.42. The van der Waals surface area contributed by atoms with Crippen LogP contribution in [0.2, 0.25) is 0 Å². The van der Waals surface area contributed by atoms with Gasteiger partial charge in [0.25, 0.3) is 0 Å². The predicted molar refractivity (Wildman–Crippen MR) is 154 cm³/mol. The Kier molecular flexibility index (Phi) is 7.01. The van der Waals surface area contributed by atoms with E-state index in [1.807, 2.05) is 54.7 Å². The van der Waals surface area contributed by atoms with Crippen LogP contribution in [0.1, 0.15) is 61.6 Å². The van der Waals surface area contributed by atoms with E-state index in [1.54, 1.807) is 7.11 Å². The van der Waals surface area contributed by atoms with Crippen molar-refractivity contribution in [3.63, 3.8) is 0 Å². The summed E-state index contributed by atoms with van der Waals surface area (Å²) in [5.74, 6) is 2.32. The summed E-state index contributed by atoms with van der Waals surface area (Å²) in [6.07, 6.45) is 10.4. The fourth-order valence-corrected chi connectivity index (χ4v) is 6.08. The van der Waals surface area contributed by atoms with Crippen LogP contribution in [-0.4, -0.2) is 21.8 Å². The van der Waals surface area contributed by atoms with Crippen molar-refractivity contribution in [3.05, 3.63) is 103 Å². The lowest BCUT2D eigenvalue weighted by atomic mass is 9.94. The number of nitrogens with one attached hydrogen (secondary N) is 1. The Bertz CT molecular complexity index is 1370. The summed E-state index contributed by atoms with van der Waals surface area (Å²) >= 11 is 5.95. The van der Waals surface area contributed by atoms with Gasteiger partial charge in [-0.2, -0.15) is 0 Å². The van der Waals surface area contributed by atoms with Gasteiger partial charge in [0.2, 0.25) is 0 Å². The molecular weight excluding hydrogens is 492 g/mol. The van der Waals surface area contributed by atoms with E-state index in [9.17, 15) is 0 Å². The number of pyridine rings is 1. The molecule has 2 aliphatic rings. The van der Waals surface area contributed by atoms with Gasteiger partial charge in [-0.15, -0.1) is 0 Å². The molecule has 1 aliphatic heterocycles. The number of hydrogen-bond donors (Lipinski definition) is 1. The smallest absolute Gasteiger partial charge is 0.174 e. The highest BCUT2D eigenvalue weighted by molar-refractivity contribution is 7.80. The zero-order valence-electron chi connectivity index (χ0n) is 21.5. The van der Waals surface area contributed by atoms with Crippen LogP contribution in [0.4, 0.5) is 5.69 Å². The van der Waals surface area contributed by atoms with E-state index < -0.39 is 0 Å². The molecule has 3 heterocycles. The van der Waals surface area contributed by atoms with E-state index in [4.69, 9.17) is 26.7 Å². The molecule has 7 heteroatoms. The SMILES string of the molecule is COc1ccc(Oc2ccc(N3C(=S)N[C@H](c4ccccn4)[C@@H]3c3cccn3C3CCCCC3)cc2)cc1. The summed E-state index contributed by atoms with van der Waals surface area (Å²) in [6, 6.07) is 26.7. The molecule has 1 saturated heterocycles. The van der Waals surface area contributed by atoms with Gasteiger partial charge in [-0.25, -0.2) is 0 Å². The van der Waals surface area contributed by atoms with Crippen LogP contribution in [0.3, 0.4) is 0 Å². The third-order valence-electron chi connectivity index (χ3n) is 7.59. The second-order valence-electron chi connectivity index (χ2n) is 9.90. The lowest BCUT2D eigenvalue weighted by Gasteiger charge is -2.32. The summed E-state index contributed by atoms with van der Waals surface area (Å²) in [7, 11) is 1.66. The molecule has 1 aliphatic carbocycles. The molecule has 0 radical (unpaired) electrons. The Morgan fingerprint density at radius 3 is 2.24 bits per heavy atom. The van der Waals surface area contributed by atoms with Crippen LogP contribution >= 0.6 is 12.2 Å². The molecule has 2 aromatic carbocycles. The summed E-state index contributed by atoms with van der Waals surface area (Å²) in [5.41, 5.74) is 3.26. The minimum atomic E-state index is -0.0591. The average Bonchev–Trinajstić information content (AvgIpc) is 3.59. The Morgan fingerprint density at radius 1 is 0.842 bits per heavy atom. The van der Waals surface area contributed by atoms with Gasteiger partial charge in [0.15, 0.2) is 5.11 Å². The molecule has 6 nitrogen and oxygen atoms in total. The molecule has 2 fully saturated rings. The molecule has 2 aromatic heterocycles. The van der Waals surface area contributed by atoms with Crippen molar-refractivity contribution in [2.75, 3.05) is 12.0 Å². The number of benzene rings is 2. The van der Waals surface area contributed by atoms with Crippen molar-refractivity contribution in [1.29, 1.82) is 0 Å². The number of hydrogen-bond acceptors (Lipinski definition) is 4. The monoisotopic (exact) mass is 524 g/mol. The second-order valence-corrected chi connectivity index (χ2v) is 10.3. The fraction of sp³-hybridized carbons (Fsp3) is 0.290. The molecule has 1 N–H and O–H groups in total. The molecule has 4 aromatic rings. The van der Waals surface area contributed by atoms with E-state index in [1.165, 1.54) is 37.8 Å². The number of aromatic nitrogens is 2. The van der Waals surface area contributed by atoms with Gasteiger partial charge < -0.3 is 24.3 Å². The maximum Gasteiger partial charge on any atom is 0.174 e. The summed E-state index contributed by atoms with van der Waals surface area (Å²) in [6.45, 7) is 0. The topological polar surface area (TPSA) is 51.6 Å². The number of nitrogens with zero attached hydrogens (tertiary/aromatic N) is 3. The molecule has 0 spiro atoms. The fourth-order valence-electron chi connectivity index (χ4n) is 5.74. The van der Waals surface area contributed by atoms with E-state index >= 15 is 0 Å². The Hall–Kier alpha value is -3.84. The lowest BCUT2D eigenvalue weighted by Crippen LogP contribution is -2.31. The van der Waals surface area contributed by atoms with Gasteiger partial charge >= 0.3 is 0 Å². The Labute approximate surface area is 229 Å². The predicted octanol–water partition coefficient (Wildman–Crippen LogP) is 7.37. The lowest BCUT2D eigenvalue weighted by molar-refractivity contribution is 0.340. The van der Waals surface area contributed by atoms with Gasteiger partial charge in [0.1, 0.15) is 23.3 Å². The third-order valence-corrected chi connectivity index (χ3v) is 7.91. The standard InChI is InChI=1S/C31H32N4O2S/c1-36-24-16-18-26(19-17-24)37-25-14-12-23(13-15-25)35-30(29(33-31(35)38)27-10-5-6-20-32-27)28-11-7-21-34(28)22-8-3-2-4-9-22/h5-7,10-22,29-30H,2-4,8-9H2,1H3,(H,33,38)/t29-,30+/m1/s1. The van der Waals surface area contributed by atoms with Gasteiger partial charge in [-0.05, 0) is 97.9 Å². The number of anilines is 1. The van der Waals surface area contributed by atoms with Crippen molar-refractivity contribution in [2.24, 2.45) is 0 Å². The van der Waals surface area contributed by atoms with E-state index in [0.29, 0.717) is 11.2 Å². The average molecular weight is 525 g/mol. The minimum Gasteiger partial charge on any atom is -0.497 e. The Morgan fingerprint density at radius 2 is 1.55 bits per heavy atom. The number of thiocarbonyl (C=S) groups is 1. The molecule has 0 unspecified atom stereocenters. The van der Waals surface area contributed by atoms with E-state index in [2.05, 4.69) is 51.3 Å². The van der Waals surface area contributed by atoms with Crippen LogP contribution < -0.4 is 19.7 Å². The van der Waals surface area contributed by atoms with E-state index in [-0.39, 0.29) is 12.1 Å². The highest BCUT2D eigenvalue weighted by Crippen LogP contribution is 2.44.